The van der Waals surface area contributed by atoms with Crippen LogP contribution in [0.4, 0.5) is 0 Å². The highest BCUT2D eigenvalue weighted by atomic mass is 14.4. The number of hydrogen-bond donors (Lipinski definition) is 0. The Bertz CT molecular complexity index is 159. The predicted octanol–water partition coefficient (Wildman–Crippen LogP) is 4.42. The average Bonchev–Trinajstić information content (AvgIpc) is 2.02. The normalized spacial score (nSPS) is 13.2. The maximum Gasteiger partial charge on any atom is -0.00966 e. The van der Waals surface area contributed by atoms with Gasteiger partial charge in [-0.15, -0.1) is 0 Å². The Morgan fingerprint density at radius 3 is 1.50 bits per heavy atom. The van der Waals surface area contributed by atoms with Crippen LogP contribution >= 0.6 is 0 Å². The minimum atomic E-state index is 0.260. The van der Waals surface area contributed by atoms with Crippen LogP contribution in [0.5, 0.6) is 0 Å². The van der Waals surface area contributed by atoms with Crippen molar-refractivity contribution in [1.29, 1.82) is 0 Å². The topological polar surface area (TPSA) is 0 Å². The van der Waals surface area contributed by atoms with E-state index in [1.165, 1.54) is 18.4 Å². The minimum Gasteiger partial charge on any atom is -0.0996 e. The Hall–Kier alpha value is -0.260. The van der Waals surface area contributed by atoms with Gasteiger partial charge in [0, 0.05) is 0 Å². The van der Waals surface area contributed by atoms with E-state index >= 15 is 0 Å². The van der Waals surface area contributed by atoms with E-state index in [1.54, 1.807) is 0 Å². The lowest BCUT2D eigenvalue weighted by atomic mass is 9.61. The number of allylic oxidation sites excluding steroid dienone is 1. The van der Waals surface area contributed by atoms with Crippen molar-refractivity contribution >= 4 is 0 Å². The van der Waals surface area contributed by atoms with Crippen molar-refractivity contribution < 1.29 is 0 Å². The van der Waals surface area contributed by atoms with Gasteiger partial charge in [-0.25, -0.2) is 0 Å². The molecule has 0 nitrogen and oxygen atoms in total. The van der Waals surface area contributed by atoms with Crippen molar-refractivity contribution in [2.75, 3.05) is 0 Å². The molecule has 0 aliphatic rings. The van der Waals surface area contributed by atoms with Crippen LogP contribution in [0.2, 0.25) is 0 Å². The van der Waals surface area contributed by atoms with Crippen molar-refractivity contribution in [2.24, 2.45) is 10.8 Å². The Morgan fingerprint density at radius 1 is 1.08 bits per heavy atom. The van der Waals surface area contributed by atoms with Crippen LogP contribution in [-0.4, -0.2) is 0 Å². The van der Waals surface area contributed by atoms with Crippen molar-refractivity contribution in [1.82, 2.24) is 0 Å². The first-order valence-electron chi connectivity index (χ1n) is 4.97. The Labute approximate surface area is 78.1 Å². The summed E-state index contributed by atoms with van der Waals surface area (Å²) in [6.07, 6.45) is 2.45. The van der Waals surface area contributed by atoms with Gasteiger partial charge in [-0.2, -0.15) is 0 Å². The van der Waals surface area contributed by atoms with E-state index in [2.05, 4.69) is 48.1 Å². The van der Waals surface area contributed by atoms with E-state index in [4.69, 9.17) is 0 Å². The highest BCUT2D eigenvalue weighted by Gasteiger charge is 2.38. The molecule has 0 aliphatic heterocycles. The van der Waals surface area contributed by atoms with Gasteiger partial charge < -0.3 is 0 Å². The summed E-state index contributed by atoms with van der Waals surface area (Å²) < 4.78 is 0. The molecule has 0 unspecified atom stereocenters. The van der Waals surface area contributed by atoms with Crippen LogP contribution in [0.1, 0.15) is 54.4 Å². The lowest BCUT2D eigenvalue weighted by Gasteiger charge is -2.44. The first kappa shape index (κ1) is 11.7. The molecule has 0 heteroatoms. The second kappa shape index (κ2) is 3.64. The smallest absolute Gasteiger partial charge is 0.00966 e. The van der Waals surface area contributed by atoms with Crippen molar-refractivity contribution in [2.45, 2.75) is 54.4 Å². The Morgan fingerprint density at radius 2 is 1.42 bits per heavy atom. The monoisotopic (exact) mass is 168 g/mol. The third-order valence-corrected chi connectivity index (χ3v) is 4.14. The molecule has 0 aromatic carbocycles. The van der Waals surface area contributed by atoms with Gasteiger partial charge in [0.15, 0.2) is 0 Å². The summed E-state index contributed by atoms with van der Waals surface area (Å²) in [4.78, 5) is 0. The molecule has 0 spiro atoms. The SMILES string of the molecule is C=C(C)C(C)(C)C(C)(CC)CC. The summed E-state index contributed by atoms with van der Waals surface area (Å²) in [7, 11) is 0. The molecule has 0 aromatic heterocycles. The highest BCUT2D eigenvalue weighted by Crippen LogP contribution is 2.48. The van der Waals surface area contributed by atoms with Gasteiger partial charge in [-0.3, -0.25) is 0 Å². The molecule has 0 bridgehead atoms. The molecule has 0 rings (SSSR count). The van der Waals surface area contributed by atoms with E-state index in [1.807, 2.05) is 0 Å². The standard InChI is InChI=1S/C12H24/c1-8-12(7,9-2)11(5,6)10(3)4/h3,8-9H2,1-2,4-7H3. The summed E-state index contributed by atoms with van der Waals surface area (Å²) in [5.74, 6) is 0. The second-order valence-corrected chi connectivity index (χ2v) is 4.67. The van der Waals surface area contributed by atoms with E-state index in [0.29, 0.717) is 5.41 Å². The third-order valence-electron chi connectivity index (χ3n) is 4.14. The van der Waals surface area contributed by atoms with Gasteiger partial charge in [-0.05, 0) is 30.6 Å². The molecule has 0 fully saturated rings. The van der Waals surface area contributed by atoms with Crippen LogP contribution in [0, 0.1) is 10.8 Å². The molecule has 0 saturated heterocycles. The molecule has 0 saturated carbocycles. The third kappa shape index (κ3) is 1.73. The van der Waals surface area contributed by atoms with Gasteiger partial charge in [0.1, 0.15) is 0 Å². The van der Waals surface area contributed by atoms with Crippen molar-refractivity contribution in [3.8, 4) is 0 Å². The maximum atomic E-state index is 4.09. The first-order chi connectivity index (χ1) is 5.31. The van der Waals surface area contributed by atoms with Crippen LogP contribution in [-0.2, 0) is 0 Å². The van der Waals surface area contributed by atoms with Crippen molar-refractivity contribution in [3.63, 3.8) is 0 Å². The fourth-order valence-corrected chi connectivity index (χ4v) is 1.65. The van der Waals surface area contributed by atoms with Gasteiger partial charge in [-0.1, -0.05) is 46.8 Å². The molecule has 0 heterocycles. The summed E-state index contributed by atoms with van der Waals surface area (Å²) in [6, 6.07) is 0. The van der Waals surface area contributed by atoms with E-state index < -0.39 is 0 Å². The zero-order valence-corrected chi connectivity index (χ0v) is 9.62. The molecular weight excluding hydrogens is 144 g/mol. The van der Waals surface area contributed by atoms with Gasteiger partial charge >= 0.3 is 0 Å². The first-order valence-corrected chi connectivity index (χ1v) is 4.97. The lowest BCUT2D eigenvalue weighted by molar-refractivity contribution is 0.115. The minimum absolute atomic E-state index is 0.260. The van der Waals surface area contributed by atoms with Gasteiger partial charge in [0.05, 0.1) is 0 Å². The Balaban J connectivity index is 4.83. The quantitative estimate of drug-likeness (QED) is 0.545. The number of hydrogen-bond acceptors (Lipinski definition) is 0. The molecule has 0 radical (unpaired) electrons. The largest absolute Gasteiger partial charge is 0.0996 e. The molecule has 12 heavy (non-hydrogen) atoms. The van der Waals surface area contributed by atoms with Crippen LogP contribution < -0.4 is 0 Å². The zero-order chi connectivity index (χ0) is 9.99. The average molecular weight is 168 g/mol. The predicted molar refractivity (Wildman–Crippen MR) is 57.3 cm³/mol. The molecule has 72 valence electrons. The maximum absolute atomic E-state index is 4.09. The molecule has 0 aliphatic carbocycles. The van der Waals surface area contributed by atoms with E-state index in [9.17, 15) is 0 Å². The lowest BCUT2D eigenvalue weighted by Crippen LogP contribution is -2.34. The zero-order valence-electron chi connectivity index (χ0n) is 9.62. The van der Waals surface area contributed by atoms with Gasteiger partial charge in [0.25, 0.3) is 0 Å². The Kier molecular flexibility index (Phi) is 3.56. The number of rotatable bonds is 4. The van der Waals surface area contributed by atoms with Crippen molar-refractivity contribution in [3.05, 3.63) is 12.2 Å². The van der Waals surface area contributed by atoms with Crippen LogP contribution in [0.25, 0.3) is 0 Å². The summed E-state index contributed by atoms with van der Waals surface area (Å²) in [5.41, 5.74) is 1.96. The molecule has 0 N–H and O–H groups in total. The molecular formula is C12H24. The van der Waals surface area contributed by atoms with Crippen LogP contribution in [0.15, 0.2) is 12.2 Å². The van der Waals surface area contributed by atoms with Gasteiger partial charge in [0.2, 0.25) is 0 Å². The highest BCUT2D eigenvalue weighted by molar-refractivity contribution is 5.09. The van der Waals surface area contributed by atoms with E-state index in [-0.39, 0.29) is 5.41 Å². The molecule has 0 atom stereocenters. The fourth-order valence-electron chi connectivity index (χ4n) is 1.65. The van der Waals surface area contributed by atoms with Crippen LogP contribution in [0.3, 0.4) is 0 Å². The van der Waals surface area contributed by atoms with E-state index in [0.717, 1.165) is 0 Å². The molecule has 0 aromatic rings. The second-order valence-electron chi connectivity index (χ2n) is 4.67. The summed E-state index contributed by atoms with van der Waals surface area (Å²) in [5, 5.41) is 0. The fraction of sp³-hybridized carbons (Fsp3) is 0.833. The molecule has 0 amide bonds. The summed E-state index contributed by atoms with van der Waals surface area (Å²) in [6.45, 7) is 17.8. The summed E-state index contributed by atoms with van der Waals surface area (Å²) >= 11 is 0.